The molecule has 0 aliphatic heterocycles. The first kappa shape index (κ1) is 45.9. The number of hydrogen-bond acceptors (Lipinski definition) is 2. The van der Waals surface area contributed by atoms with Crippen LogP contribution in [0.25, 0.3) is 71.4 Å². The Bertz CT molecular complexity index is 3810. The molecule has 0 saturated heterocycles. The molecule has 2 nitrogen and oxygen atoms in total. The van der Waals surface area contributed by atoms with Crippen molar-refractivity contribution >= 4 is 83.3 Å². The predicted octanol–water partition coefficient (Wildman–Crippen LogP) is 21.3. The van der Waals surface area contributed by atoms with Crippen molar-refractivity contribution in [3.8, 4) is 22.3 Å². The summed E-state index contributed by atoms with van der Waals surface area (Å²) in [7, 11) is 0. The smallest absolute Gasteiger partial charge is 0.0546 e. The van der Waals surface area contributed by atoms with Crippen LogP contribution < -0.4 is 9.80 Å². The van der Waals surface area contributed by atoms with Crippen LogP contribution in [0.4, 0.5) is 34.1 Å². The third-order valence-corrected chi connectivity index (χ3v) is 16.7. The highest BCUT2D eigenvalue weighted by atomic mass is 15.2. The molecule has 0 aromatic heterocycles. The highest BCUT2D eigenvalue weighted by Gasteiger charge is 2.27. The van der Waals surface area contributed by atoms with E-state index >= 15 is 0 Å². The van der Waals surface area contributed by atoms with Crippen molar-refractivity contribution in [2.75, 3.05) is 9.80 Å². The van der Waals surface area contributed by atoms with Gasteiger partial charge in [-0.3, -0.25) is 0 Å². The van der Waals surface area contributed by atoms with E-state index in [1.165, 1.54) is 150 Å². The number of hydrogen-bond donors (Lipinski definition) is 0. The Morgan fingerprint density at radius 3 is 1.62 bits per heavy atom. The summed E-state index contributed by atoms with van der Waals surface area (Å²) in [5, 5.41) is 10.0. The maximum atomic E-state index is 2.57. The number of nitrogens with zero attached hydrogens (tertiary/aromatic N) is 2. The lowest BCUT2D eigenvalue weighted by Crippen LogP contribution is -2.13. The molecule has 13 rings (SSSR count). The molecule has 1 atom stereocenters. The molecule has 0 N–H and O–H groups in total. The van der Waals surface area contributed by atoms with Crippen LogP contribution in [-0.4, -0.2) is 0 Å². The largest absolute Gasteiger partial charge is 0.310 e. The second-order valence-corrected chi connectivity index (χ2v) is 21.1. The molecule has 0 bridgehead atoms. The minimum atomic E-state index is 0.544. The minimum Gasteiger partial charge on any atom is -0.310 e. The lowest BCUT2D eigenvalue weighted by molar-refractivity contribution is 0.443. The van der Waals surface area contributed by atoms with Gasteiger partial charge in [-0.1, -0.05) is 197 Å². The molecular formula is C72H64N2. The van der Waals surface area contributed by atoms with Crippen LogP contribution in [-0.2, 0) is 6.42 Å². The average molecular weight is 957 g/mol. The molecule has 1 saturated carbocycles. The van der Waals surface area contributed by atoms with Crippen molar-refractivity contribution in [1.82, 2.24) is 0 Å². The number of rotatable bonds is 13. The lowest BCUT2D eigenvalue weighted by Gasteiger charge is -2.32. The Balaban J connectivity index is 1.12. The van der Waals surface area contributed by atoms with Gasteiger partial charge in [-0.2, -0.15) is 0 Å². The Labute approximate surface area is 437 Å². The van der Waals surface area contributed by atoms with E-state index in [0.29, 0.717) is 11.8 Å². The molecule has 11 aromatic rings. The normalized spacial score (nSPS) is 14.2. The van der Waals surface area contributed by atoms with Gasteiger partial charge in [0.2, 0.25) is 0 Å². The summed E-state index contributed by atoms with van der Waals surface area (Å²) in [6.07, 6.45) is 16.9. The van der Waals surface area contributed by atoms with E-state index in [1.807, 2.05) is 0 Å². The highest BCUT2D eigenvalue weighted by molar-refractivity contribution is 6.32. The van der Waals surface area contributed by atoms with Crippen molar-refractivity contribution in [3.63, 3.8) is 0 Å². The van der Waals surface area contributed by atoms with Crippen LogP contribution in [0.3, 0.4) is 0 Å². The van der Waals surface area contributed by atoms with Crippen molar-refractivity contribution in [2.24, 2.45) is 0 Å². The van der Waals surface area contributed by atoms with Gasteiger partial charge in [-0.25, -0.2) is 0 Å². The van der Waals surface area contributed by atoms with E-state index in [-0.39, 0.29) is 0 Å². The Morgan fingerprint density at radius 1 is 0.473 bits per heavy atom. The molecule has 0 heterocycles. The third kappa shape index (κ3) is 8.31. The Morgan fingerprint density at radius 2 is 1.01 bits per heavy atom. The molecule has 0 radical (unpaired) electrons. The first-order chi connectivity index (χ1) is 36.6. The Kier molecular flexibility index (Phi) is 12.3. The second kappa shape index (κ2) is 19.8. The fraction of sp³-hybridized carbons (Fsp3) is 0.194. The van der Waals surface area contributed by atoms with Crippen LogP contribution in [0.2, 0.25) is 0 Å². The van der Waals surface area contributed by atoms with Gasteiger partial charge < -0.3 is 9.80 Å². The summed E-state index contributed by atoms with van der Waals surface area (Å²) in [6, 6.07) is 79.0. The molecular weight excluding hydrogens is 893 g/mol. The molecule has 11 aromatic carbocycles. The summed E-state index contributed by atoms with van der Waals surface area (Å²) in [4.78, 5) is 5.10. The number of fused-ring (bicyclic) bond motifs is 2. The quantitative estimate of drug-likeness (QED) is 0.106. The average Bonchev–Trinajstić information content (AvgIpc) is 3.52. The molecule has 2 aliphatic carbocycles. The highest BCUT2D eigenvalue weighted by Crippen LogP contribution is 2.53. The number of allylic oxidation sites excluding steroid dienone is 1. The van der Waals surface area contributed by atoms with Crippen LogP contribution in [0.15, 0.2) is 212 Å². The second-order valence-electron chi connectivity index (χ2n) is 21.1. The van der Waals surface area contributed by atoms with E-state index in [4.69, 9.17) is 0 Å². The first-order valence-corrected chi connectivity index (χ1v) is 27.6. The first-order valence-electron chi connectivity index (χ1n) is 27.6. The van der Waals surface area contributed by atoms with Gasteiger partial charge in [0.25, 0.3) is 0 Å². The van der Waals surface area contributed by atoms with Gasteiger partial charge in [-0.05, 0) is 177 Å². The number of aryl methyl sites for hydroxylation is 1. The summed E-state index contributed by atoms with van der Waals surface area (Å²) in [6.45, 7) is 4.64. The topological polar surface area (TPSA) is 6.48 Å². The van der Waals surface area contributed by atoms with Crippen molar-refractivity contribution in [1.29, 1.82) is 0 Å². The number of benzene rings is 11. The van der Waals surface area contributed by atoms with E-state index in [9.17, 15) is 0 Å². The molecule has 1 fully saturated rings. The van der Waals surface area contributed by atoms with Gasteiger partial charge in [0.05, 0.1) is 11.4 Å². The predicted molar refractivity (Wildman–Crippen MR) is 319 cm³/mol. The molecule has 0 spiro atoms. The molecule has 2 aliphatic rings. The van der Waals surface area contributed by atoms with Crippen molar-refractivity contribution in [2.45, 2.75) is 89.9 Å². The van der Waals surface area contributed by atoms with E-state index in [1.54, 1.807) is 0 Å². The molecule has 1 unspecified atom stereocenters. The minimum absolute atomic E-state index is 0.544. The fourth-order valence-corrected chi connectivity index (χ4v) is 12.9. The summed E-state index contributed by atoms with van der Waals surface area (Å²) < 4.78 is 0. The molecule has 74 heavy (non-hydrogen) atoms. The SMILES string of the molecule is CCCC(CC)c1ccc(N(c2ccc3ccccc3c2)c2cc(-c3ccccc3)c3ccc4c(N(c5ccc(C6CCCCC6)cc5)c5ccc6c(c5)C=CCC6)cc(-c5ccccc5)c5ccc2c3c54)cc1. The third-order valence-electron chi connectivity index (χ3n) is 16.7. The summed E-state index contributed by atoms with van der Waals surface area (Å²) >= 11 is 0. The lowest BCUT2D eigenvalue weighted by atomic mass is 9.84. The zero-order valence-electron chi connectivity index (χ0n) is 42.9. The zero-order chi connectivity index (χ0) is 49.5. The molecule has 0 amide bonds. The van der Waals surface area contributed by atoms with E-state index < -0.39 is 0 Å². The summed E-state index contributed by atoms with van der Waals surface area (Å²) in [5.74, 6) is 1.18. The van der Waals surface area contributed by atoms with Crippen LogP contribution in [0.1, 0.15) is 106 Å². The standard InChI is InChI=1S/C72H64N2/c1-3-18-49(4-2)53-29-35-59(36-30-53)73(61-39-33-51-21-14-16-27-57(51)45-61)69-47-67(55-23-10-6-11-24-55)63-42-44-66-70(48-68(56-25-12-7-13-26-56)64-41-43-65(69)71(63)72(64)66)74(62-40-34-52-22-15-17-28-58(52)46-62)60-37-31-54(32-38-60)50-19-8-5-9-20-50/h6-7,10-14,16-17,21,23-50H,3-5,8-9,15,18-20,22H2,1-2H3. The van der Waals surface area contributed by atoms with Crippen molar-refractivity contribution in [3.05, 3.63) is 235 Å². The molecule has 362 valence electrons. The van der Waals surface area contributed by atoms with Gasteiger partial charge in [0.1, 0.15) is 0 Å². The van der Waals surface area contributed by atoms with Gasteiger partial charge in [0.15, 0.2) is 0 Å². The van der Waals surface area contributed by atoms with Crippen LogP contribution >= 0.6 is 0 Å². The molecule has 2 heteroatoms. The van der Waals surface area contributed by atoms with Crippen LogP contribution in [0.5, 0.6) is 0 Å². The van der Waals surface area contributed by atoms with Gasteiger partial charge in [0, 0.05) is 44.3 Å². The Hall–Kier alpha value is -7.94. The zero-order valence-corrected chi connectivity index (χ0v) is 42.9. The van der Waals surface area contributed by atoms with Gasteiger partial charge in [-0.15, -0.1) is 0 Å². The fourth-order valence-electron chi connectivity index (χ4n) is 12.9. The van der Waals surface area contributed by atoms with Gasteiger partial charge >= 0.3 is 0 Å². The number of anilines is 6. The van der Waals surface area contributed by atoms with Crippen LogP contribution in [0, 0.1) is 0 Å². The monoisotopic (exact) mass is 957 g/mol. The maximum absolute atomic E-state index is 2.57. The van der Waals surface area contributed by atoms with Crippen molar-refractivity contribution < 1.29 is 0 Å². The van der Waals surface area contributed by atoms with E-state index in [0.717, 1.165) is 36.3 Å². The maximum Gasteiger partial charge on any atom is 0.0546 e. The summed E-state index contributed by atoms with van der Waals surface area (Å²) in [5.41, 5.74) is 17.5. The van der Waals surface area contributed by atoms with E-state index in [2.05, 4.69) is 242 Å².